The summed E-state index contributed by atoms with van der Waals surface area (Å²) in [5.41, 5.74) is 0.189. The lowest BCUT2D eigenvalue weighted by atomic mass is 10.1. The van der Waals surface area contributed by atoms with Crippen LogP contribution in [0.25, 0.3) is 0 Å². The highest BCUT2D eigenvalue weighted by atomic mass is 19.1. The Labute approximate surface area is 144 Å². The Morgan fingerprint density at radius 1 is 1.28 bits per heavy atom. The minimum atomic E-state index is -1.50. The summed E-state index contributed by atoms with van der Waals surface area (Å²) >= 11 is 0. The molecule has 1 saturated heterocycles. The number of alkyl halides is 1. The van der Waals surface area contributed by atoms with Crippen molar-refractivity contribution in [1.29, 1.82) is 0 Å². The molecule has 2 heterocycles. The van der Waals surface area contributed by atoms with Crippen LogP contribution in [-0.4, -0.2) is 48.8 Å². The number of hydrogen-bond acceptors (Lipinski definition) is 6. The summed E-state index contributed by atoms with van der Waals surface area (Å²) in [6.07, 6.45) is -2.55. The van der Waals surface area contributed by atoms with Crippen molar-refractivity contribution in [2.45, 2.75) is 24.6 Å². The van der Waals surface area contributed by atoms with Crippen LogP contribution in [0.2, 0.25) is 0 Å². The zero-order chi connectivity index (χ0) is 17.8. The van der Waals surface area contributed by atoms with Crippen LogP contribution in [0.15, 0.2) is 47.4 Å². The van der Waals surface area contributed by atoms with Crippen LogP contribution in [-0.2, 0) is 14.2 Å². The molecule has 4 atom stereocenters. The summed E-state index contributed by atoms with van der Waals surface area (Å²) in [4.78, 5) is 16.3. The highest BCUT2D eigenvalue weighted by Crippen LogP contribution is 2.32. The second kappa shape index (κ2) is 7.73. The third-order valence-corrected chi connectivity index (χ3v) is 4.02. The van der Waals surface area contributed by atoms with Gasteiger partial charge in [0.15, 0.2) is 12.4 Å². The summed E-state index contributed by atoms with van der Waals surface area (Å²) in [6, 6.07) is 10.9. The lowest BCUT2D eigenvalue weighted by Crippen LogP contribution is -2.35. The van der Waals surface area contributed by atoms with Crippen molar-refractivity contribution in [1.82, 2.24) is 9.55 Å². The Kier molecular flexibility index (Phi) is 5.42. The largest absolute Gasteiger partial charge is 0.382 e. The highest BCUT2D eigenvalue weighted by molar-refractivity contribution is 5.54. The minimum absolute atomic E-state index is 0.172. The SMILES string of the molecule is COC[C@H]1O[C@@H](n2ccc(Nc3ccccc3)nc2=O)[C@@H](F)C1OC. The summed E-state index contributed by atoms with van der Waals surface area (Å²) in [7, 11) is 2.90. The van der Waals surface area contributed by atoms with Gasteiger partial charge in [0.2, 0.25) is 0 Å². The van der Waals surface area contributed by atoms with Crippen LogP contribution in [0, 0.1) is 0 Å². The Balaban J connectivity index is 1.80. The maximum Gasteiger partial charge on any atom is 0.351 e. The minimum Gasteiger partial charge on any atom is -0.382 e. The van der Waals surface area contributed by atoms with Crippen LogP contribution in [0.1, 0.15) is 6.23 Å². The zero-order valence-corrected chi connectivity index (χ0v) is 14.0. The van der Waals surface area contributed by atoms with Crippen LogP contribution in [0.4, 0.5) is 15.9 Å². The molecule has 1 fully saturated rings. The molecule has 8 heteroatoms. The normalized spacial score (nSPS) is 25.9. The standard InChI is InChI=1S/C17H20FN3O4/c1-23-10-12-15(24-2)14(18)16(25-12)21-9-8-13(20-17(21)22)19-11-6-4-3-5-7-11/h3-9,12,14-16H,10H2,1-2H3,(H,19,20,22)/t12-,14+,15?,16-/m1/s1. The van der Waals surface area contributed by atoms with Gasteiger partial charge in [0, 0.05) is 26.1 Å². The average molecular weight is 349 g/mol. The lowest BCUT2D eigenvalue weighted by Gasteiger charge is -2.16. The number of nitrogens with zero attached hydrogens (tertiary/aromatic N) is 2. The van der Waals surface area contributed by atoms with E-state index in [1.54, 1.807) is 6.07 Å². The smallest absolute Gasteiger partial charge is 0.351 e. The lowest BCUT2D eigenvalue weighted by molar-refractivity contribution is -0.0624. The first-order chi connectivity index (χ1) is 12.1. The summed E-state index contributed by atoms with van der Waals surface area (Å²) in [5, 5.41) is 3.02. The first kappa shape index (κ1) is 17.5. The van der Waals surface area contributed by atoms with Crippen LogP contribution < -0.4 is 11.0 Å². The van der Waals surface area contributed by atoms with Crippen LogP contribution in [0.5, 0.6) is 0 Å². The molecule has 1 unspecified atom stereocenters. The van der Waals surface area contributed by atoms with Crippen LogP contribution in [0.3, 0.4) is 0 Å². The monoisotopic (exact) mass is 349 g/mol. The molecule has 1 N–H and O–H groups in total. The molecule has 0 radical (unpaired) electrons. The molecular formula is C17H20FN3O4. The van der Waals surface area contributed by atoms with Gasteiger partial charge in [-0.2, -0.15) is 4.98 Å². The Bertz CT molecular complexity index is 755. The first-order valence-corrected chi connectivity index (χ1v) is 7.86. The number of ether oxygens (including phenoxy) is 3. The van der Waals surface area contributed by atoms with Gasteiger partial charge in [-0.05, 0) is 18.2 Å². The fourth-order valence-electron chi connectivity index (χ4n) is 2.84. The van der Waals surface area contributed by atoms with Crippen molar-refractivity contribution in [2.24, 2.45) is 0 Å². The van der Waals surface area contributed by atoms with Crippen molar-refractivity contribution in [3.8, 4) is 0 Å². The molecule has 0 amide bonds. The summed E-state index contributed by atoms with van der Waals surface area (Å²) < 4.78 is 31.6. The Morgan fingerprint density at radius 2 is 2.04 bits per heavy atom. The number of hydrogen-bond donors (Lipinski definition) is 1. The van der Waals surface area contributed by atoms with E-state index in [0.717, 1.165) is 10.3 Å². The van der Waals surface area contributed by atoms with E-state index in [0.29, 0.717) is 5.82 Å². The molecule has 0 bridgehead atoms. The number of benzene rings is 1. The number of methoxy groups -OCH3 is 2. The topological polar surface area (TPSA) is 74.6 Å². The quantitative estimate of drug-likeness (QED) is 0.858. The van der Waals surface area contributed by atoms with Gasteiger partial charge in [0.05, 0.1) is 6.61 Å². The molecule has 0 saturated carbocycles. The summed E-state index contributed by atoms with van der Waals surface area (Å²) in [5.74, 6) is 0.373. The van der Waals surface area contributed by atoms with E-state index in [1.165, 1.54) is 20.4 Å². The Morgan fingerprint density at radius 3 is 2.68 bits per heavy atom. The van der Waals surface area contributed by atoms with Crippen molar-refractivity contribution in [3.63, 3.8) is 0 Å². The van der Waals surface area contributed by atoms with Gasteiger partial charge in [-0.1, -0.05) is 18.2 Å². The molecule has 2 aromatic rings. The third kappa shape index (κ3) is 3.71. The average Bonchev–Trinajstić information content (AvgIpc) is 2.92. The molecule has 1 aliphatic heterocycles. The number of rotatable bonds is 6. The van der Waals surface area contributed by atoms with E-state index in [2.05, 4.69) is 10.3 Å². The van der Waals surface area contributed by atoms with Gasteiger partial charge in [-0.3, -0.25) is 4.57 Å². The van der Waals surface area contributed by atoms with E-state index in [-0.39, 0.29) is 6.61 Å². The van der Waals surface area contributed by atoms with Gasteiger partial charge < -0.3 is 19.5 Å². The second-order valence-corrected chi connectivity index (χ2v) is 5.66. The van der Waals surface area contributed by atoms with E-state index >= 15 is 0 Å². The molecule has 1 aromatic heterocycles. The number of nitrogens with one attached hydrogen (secondary N) is 1. The summed E-state index contributed by atoms with van der Waals surface area (Å²) in [6.45, 7) is 0.172. The molecule has 1 aliphatic rings. The predicted octanol–water partition coefficient (Wildman–Crippen LogP) is 1.88. The molecule has 0 aliphatic carbocycles. The van der Waals surface area contributed by atoms with E-state index in [1.807, 2.05) is 30.3 Å². The molecule has 25 heavy (non-hydrogen) atoms. The molecule has 1 aromatic carbocycles. The fraction of sp³-hybridized carbons (Fsp3) is 0.412. The van der Waals surface area contributed by atoms with E-state index in [9.17, 15) is 9.18 Å². The number of para-hydroxylation sites is 1. The number of halogens is 1. The van der Waals surface area contributed by atoms with Gasteiger partial charge in [-0.15, -0.1) is 0 Å². The molecule has 3 rings (SSSR count). The molecule has 134 valence electrons. The van der Waals surface area contributed by atoms with Gasteiger partial charge in [-0.25, -0.2) is 9.18 Å². The van der Waals surface area contributed by atoms with Gasteiger partial charge in [0.1, 0.15) is 18.0 Å². The maximum absolute atomic E-state index is 14.6. The van der Waals surface area contributed by atoms with Crippen molar-refractivity contribution in [2.75, 3.05) is 26.1 Å². The van der Waals surface area contributed by atoms with Crippen molar-refractivity contribution < 1.29 is 18.6 Å². The van der Waals surface area contributed by atoms with E-state index < -0.39 is 30.3 Å². The molecular weight excluding hydrogens is 329 g/mol. The maximum atomic E-state index is 14.6. The highest BCUT2D eigenvalue weighted by Gasteiger charge is 2.46. The second-order valence-electron chi connectivity index (χ2n) is 5.66. The van der Waals surface area contributed by atoms with Gasteiger partial charge >= 0.3 is 5.69 Å². The van der Waals surface area contributed by atoms with Gasteiger partial charge in [0.25, 0.3) is 0 Å². The third-order valence-electron chi connectivity index (χ3n) is 4.02. The fourth-order valence-corrected chi connectivity index (χ4v) is 2.84. The van der Waals surface area contributed by atoms with Crippen molar-refractivity contribution >= 4 is 11.5 Å². The first-order valence-electron chi connectivity index (χ1n) is 7.86. The van der Waals surface area contributed by atoms with Crippen molar-refractivity contribution in [3.05, 3.63) is 53.1 Å². The molecule has 7 nitrogen and oxygen atoms in total. The molecule has 0 spiro atoms. The Hall–Kier alpha value is -2.29. The number of aromatic nitrogens is 2. The predicted molar refractivity (Wildman–Crippen MR) is 89.7 cm³/mol. The van der Waals surface area contributed by atoms with Crippen LogP contribution >= 0.6 is 0 Å². The number of anilines is 2. The van der Waals surface area contributed by atoms with E-state index in [4.69, 9.17) is 14.2 Å². The zero-order valence-electron chi connectivity index (χ0n) is 14.0.